The van der Waals surface area contributed by atoms with Gasteiger partial charge in [-0.2, -0.15) is 5.26 Å². The molecule has 0 radical (unpaired) electrons. The van der Waals surface area contributed by atoms with Gasteiger partial charge in [0, 0.05) is 5.69 Å². The first-order valence-electron chi connectivity index (χ1n) is 6.81. The highest BCUT2D eigenvalue weighted by Gasteiger charge is 2.10. The Balaban J connectivity index is 2.50. The molecule has 1 aromatic heterocycles. The minimum Gasteiger partial charge on any atom is -0.339 e. The van der Waals surface area contributed by atoms with E-state index in [1.807, 2.05) is 6.92 Å². The van der Waals surface area contributed by atoms with Crippen LogP contribution in [-0.4, -0.2) is 9.97 Å². The summed E-state index contributed by atoms with van der Waals surface area (Å²) in [6, 6.07) is 8.40. The zero-order chi connectivity index (χ0) is 14.5. The summed E-state index contributed by atoms with van der Waals surface area (Å²) >= 11 is 0. The maximum absolute atomic E-state index is 9.17. The van der Waals surface area contributed by atoms with E-state index < -0.39 is 0 Å². The molecule has 0 aliphatic heterocycles. The zero-order valence-electron chi connectivity index (χ0n) is 12.1. The molecule has 2 rings (SSSR count). The average molecular weight is 266 g/mol. The molecule has 0 amide bonds. The van der Waals surface area contributed by atoms with Gasteiger partial charge in [-0.3, -0.25) is 0 Å². The van der Waals surface area contributed by atoms with Gasteiger partial charge < -0.3 is 5.32 Å². The first-order valence-corrected chi connectivity index (χ1v) is 6.81. The Labute approximate surface area is 119 Å². The average Bonchev–Trinajstić information content (AvgIpc) is 2.47. The van der Waals surface area contributed by atoms with E-state index in [0.717, 1.165) is 18.5 Å². The van der Waals surface area contributed by atoms with Crippen LogP contribution in [0.3, 0.4) is 0 Å². The summed E-state index contributed by atoms with van der Waals surface area (Å²) in [7, 11) is 0. The van der Waals surface area contributed by atoms with Crippen molar-refractivity contribution in [1.29, 1.82) is 5.26 Å². The van der Waals surface area contributed by atoms with E-state index in [0.29, 0.717) is 17.2 Å². The minimum absolute atomic E-state index is 0.462. The second-order valence-corrected chi connectivity index (χ2v) is 4.57. The molecule has 0 spiro atoms. The van der Waals surface area contributed by atoms with Crippen LogP contribution in [0.25, 0.3) is 0 Å². The summed E-state index contributed by atoms with van der Waals surface area (Å²) in [4.78, 5) is 8.41. The third-order valence-electron chi connectivity index (χ3n) is 3.27. The van der Waals surface area contributed by atoms with Crippen LogP contribution in [0, 0.1) is 18.3 Å². The Morgan fingerprint density at radius 2 is 1.85 bits per heavy atom. The minimum atomic E-state index is 0.462. The van der Waals surface area contributed by atoms with Crippen molar-refractivity contribution >= 4 is 11.5 Å². The number of hydrogen-bond acceptors (Lipinski definition) is 4. The molecule has 0 fully saturated rings. The number of anilines is 2. The van der Waals surface area contributed by atoms with Gasteiger partial charge in [-0.1, -0.05) is 32.0 Å². The van der Waals surface area contributed by atoms with Crippen LogP contribution >= 0.6 is 0 Å². The highest BCUT2D eigenvalue weighted by atomic mass is 15.0. The fourth-order valence-corrected chi connectivity index (χ4v) is 2.17. The van der Waals surface area contributed by atoms with Crippen LogP contribution in [0.15, 0.2) is 24.4 Å². The summed E-state index contributed by atoms with van der Waals surface area (Å²) in [5.41, 5.74) is 3.98. The van der Waals surface area contributed by atoms with Crippen molar-refractivity contribution in [1.82, 2.24) is 9.97 Å². The largest absolute Gasteiger partial charge is 0.339 e. The quantitative estimate of drug-likeness (QED) is 0.919. The van der Waals surface area contributed by atoms with Gasteiger partial charge in [-0.05, 0) is 30.9 Å². The van der Waals surface area contributed by atoms with Gasteiger partial charge in [-0.15, -0.1) is 0 Å². The van der Waals surface area contributed by atoms with Crippen molar-refractivity contribution in [3.63, 3.8) is 0 Å². The third kappa shape index (κ3) is 2.77. The van der Waals surface area contributed by atoms with Crippen molar-refractivity contribution in [2.75, 3.05) is 5.32 Å². The van der Waals surface area contributed by atoms with Gasteiger partial charge in [0.05, 0.1) is 6.20 Å². The lowest BCUT2D eigenvalue weighted by Crippen LogP contribution is -2.05. The number of hydrogen-bond donors (Lipinski definition) is 1. The normalized spacial score (nSPS) is 10.1. The van der Waals surface area contributed by atoms with Gasteiger partial charge in [-0.25, -0.2) is 9.97 Å². The second-order valence-electron chi connectivity index (χ2n) is 4.57. The van der Waals surface area contributed by atoms with E-state index in [9.17, 15) is 5.26 Å². The number of nitriles is 1. The molecule has 4 heteroatoms. The van der Waals surface area contributed by atoms with E-state index in [4.69, 9.17) is 0 Å². The van der Waals surface area contributed by atoms with Crippen LogP contribution in [-0.2, 0) is 12.8 Å². The molecule has 0 aliphatic rings. The molecule has 0 unspecified atom stereocenters. The molecule has 0 saturated carbocycles. The molecular weight excluding hydrogens is 248 g/mol. The van der Waals surface area contributed by atoms with Crippen molar-refractivity contribution in [3.05, 3.63) is 46.9 Å². The highest BCUT2D eigenvalue weighted by Crippen LogP contribution is 2.26. The molecule has 1 N–H and O–H groups in total. The number of nitrogens with one attached hydrogen (secondary N) is 1. The lowest BCUT2D eigenvalue weighted by Gasteiger charge is -2.15. The summed E-state index contributed by atoms with van der Waals surface area (Å²) < 4.78 is 0. The third-order valence-corrected chi connectivity index (χ3v) is 3.27. The van der Waals surface area contributed by atoms with Crippen LogP contribution in [0.1, 0.15) is 36.4 Å². The Morgan fingerprint density at radius 1 is 1.20 bits per heavy atom. The molecule has 0 bridgehead atoms. The molecule has 0 atom stereocenters. The summed E-state index contributed by atoms with van der Waals surface area (Å²) in [5.74, 6) is 1.23. The van der Waals surface area contributed by atoms with Crippen LogP contribution in [0.5, 0.6) is 0 Å². The predicted molar refractivity (Wildman–Crippen MR) is 80.0 cm³/mol. The molecule has 20 heavy (non-hydrogen) atoms. The van der Waals surface area contributed by atoms with E-state index in [-0.39, 0.29) is 0 Å². The molecular formula is C16H18N4. The smallest absolute Gasteiger partial charge is 0.152 e. The summed E-state index contributed by atoms with van der Waals surface area (Å²) in [6.07, 6.45) is 3.43. The molecule has 0 saturated heterocycles. The van der Waals surface area contributed by atoms with Crippen LogP contribution in [0.2, 0.25) is 0 Å². The standard InChI is InChI=1S/C16H18N4/c1-4-12-7-6-8-13(5-2)15(12)20-16-14(9-17)10-18-11(3)19-16/h6-8,10H,4-5H2,1-3H3,(H,18,19,20). The highest BCUT2D eigenvalue weighted by molar-refractivity contribution is 5.68. The van der Waals surface area contributed by atoms with Gasteiger partial charge in [0.25, 0.3) is 0 Å². The van der Waals surface area contributed by atoms with E-state index in [2.05, 4.69) is 53.4 Å². The molecule has 0 aliphatic carbocycles. The molecule has 2 aromatic rings. The molecule has 4 nitrogen and oxygen atoms in total. The lowest BCUT2D eigenvalue weighted by molar-refractivity contribution is 1.04. The monoisotopic (exact) mass is 266 g/mol. The first kappa shape index (κ1) is 14.0. The van der Waals surface area contributed by atoms with Gasteiger partial charge in [0.2, 0.25) is 0 Å². The number of aryl methyl sites for hydroxylation is 3. The number of rotatable bonds is 4. The topological polar surface area (TPSA) is 61.6 Å². The van der Waals surface area contributed by atoms with E-state index >= 15 is 0 Å². The van der Waals surface area contributed by atoms with Crippen LogP contribution < -0.4 is 5.32 Å². The second kappa shape index (κ2) is 6.16. The fourth-order valence-electron chi connectivity index (χ4n) is 2.17. The Bertz CT molecular complexity index is 634. The van der Waals surface area contributed by atoms with Gasteiger partial charge in [0.15, 0.2) is 5.82 Å². The van der Waals surface area contributed by atoms with Gasteiger partial charge in [0.1, 0.15) is 17.5 Å². The lowest BCUT2D eigenvalue weighted by atomic mass is 10.0. The maximum atomic E-state index is 9.17. The van der Waals surface area contributed by atoms with E-state index in [1.54, 1.807) is 6.20 Å². The van der Waals surface area contributed by atoms with Crippen molar-refractivity contribution in [2.45, 2.75) is 33.6 Å². The van der Waals surface area contributed by atoms with Crippen molar-refractivity contribution in [3.8, 4) is 6.07 Å². The number of aromatic nitrogens is 2. The summed E-state index contributed by atoms with van der Waals surface area (Å²) in [6.45, 7) is 6.06. The fraction of sp³-hybridized carbons (Fsp3) is 0.312. The van der Waals surface area contributed by atoms with Crippen molar-refractivity contribution in [2.24, 2.45) is 0 Å². The first-order chi connectivity index (χ1) is 9.69. The van der Waals surface area contributed by atoms with Crippen LogP contribution in [0.4, 0.5) is 11.5 Å². The molecule has 1 heterocycles. The number of benzene rings is 1. The zero-order valence-corrected chi connectivity index (χ0v) is 12.1. The maximum Gasteiger partial charge on any atom is 0.152 e. The molecule has 102 valence electrons. The number of para-hydroxylation sites is 1. The Hall–Kier alpha value is -2.41. The molecule has 1 aromatic carbocycles. The van der Waals surface area contributed by atoms with Crippen molar-refractivity contribution < 1.29 is 0 Å². The predicted octanol–water partition coefficient (Wildman–Crippen LogP) is 3.53. The van der Waals surface area contributed by atoms with E-state index in [1.165, 1.54) is 11.1 Å². The summed E-state index contributed by atoms with van der Waals surface area (Å²) in [5, 5.41) is 12.5. The Morgan fingerprint density at radius 3 is 2.40 bits per heavy atom. The van der Waals surface area contributed by atoms with Gasteiger partial charge >= 0.3 is 0 Å². The number of nitrogens with zero attached hydrogens (tertiary/aromatic N) is 3. The SMILES string of the molecule is CCc1cccc(CC)c1Nc1nc(C)ncc1C#N. The Kier molecular flexibility index (Phi) is 4.31.